The van der Waals surface area contributed by atoms with Crippen molar-refractivity contribution in [2.24, 2.45) is 0 Å². The van der Waals surface area contributed by atoms with Gasteiger partial charge in [-0.05, 0) is 43.9 Å². The highest BCUT2D eigenvalue weighted by Crippen LogP contribution is 2.37. The average Bonchev–Trinajstić information content (AvgIpc) is 2.42. The Morgan fingerprint density at radius 1 is 1.35 bits per heavy atom. The van der Waals surface area contributed by atoms with Gasteiger partial charge in [0.25, 0.3) is 0 Å². The molecule has 0 saturated heterocycles. The molecule has 0 saturated carbocycles. The van der Waals surface area contributed by atoms with Crippen molar-refractivity contribution in [2.45, 2.75) is 43.8 Å². The summed E-state index contributed by atoms with van der Waals surface area (Å²) in [6.45, 7) is 0.636. The maximum absolute atomic E-state index is 12.3. The van der Waals surface area contributed by atoms with Crippen LogP contribution < -0.4 is 10.1 Å². The Morgan fingerprint density at radius 2 is 2.10 bits per heavy atom. The van der Waals surface area contributed by atoms with Crippen molar-refractivity contribution in [3.63, 3.8) is 0 Å². The Balaban J connectivity index is 1.98. The largest absolute Gasteiger partial charge is 0.493 e. The first-order valence-electron chi connectivity index (χ1n) is 6.95. The lowest BCUT2D eigenvalue weighted by molar-refractivity contribution is -0.136. The third-order valence-corrected chi connectivity index (χ3v) is 3.84. The summed E-state index contributed by atoms with van der Waals surface area (Å²) in [6.07, 6.45) is -3.11. The molecule has 1 heterocycles. The fraction of sp³-hybridized carbons (Fsp3) is 0.600. The third kappa shape index (κ3) is 4.13. The second kappa shape index (κ2) is 6.48. The van der Waals surface area contributed by atoms with Gasteiger partial charge in [-0.3, -0.25) is 0 Å². The van der Waals surface area contributed by atoms with Crippen molar-refractivity contribution >= 4 is 0 Å². The fourth-order valence-corrected chi connectivity index (χ4v) is 2.72. The molecule has 112 valence electrons. The molecule has 2 unspecified atom stereocenters. The number of hydrogen-bond acceptors (Lipinski definition) is 2. The molecular weight excluding hydrogens is 267 g/mol. The average molecular weight is 287 g/mol. The van der Waals surface area contributed by atoms with Crippen LogP contribution in [-0.2, 0) is 0 Å². The highest BCUT2D eigenvalue weighted by atomic mass is 19.4. The quantitative estimate of drug-likeness (QED) is 0.887. The van der Waals surface area contributed by atoms with E-state index in [9.17, 15) is 13.2 Å². The van der Waals surface area contributed by atoms with Crippen molar-refractivity contribution in [1.29, 1.82) is 0 Å². The number of rotatable bonds is 5. The van der Waals surface area contributed by atoms with Crippen LogP contribution in [0.5, 0.6) is 5.75 Å². The molecule has 1 aliphatic rings. The van der Waals surface area contributed by atoms with E-state index in [4.69, 9.17) is 4.74 Å². The van der Waals surface area contributed by atoms with Gasteiger partial charge in [0, 0.05) is 12.5 Å². The number of alkyl halides is 3. The van der Waals surface area contributed by atoms with Crippen LogP contribution >= 0.6 is 0 Å². The Bertz CT molecular complexity index is 433. The molecular formula is C15H20F3NO. The first-order chi connectivity index (χ1) is 9.49. The number of halogens is 3. The van der Waals surface area contributed by atoms with Gasteiger partial charge in [-0.2, -0.15) is 13.2 Å². The first-order valence-corrected chi connectivity index (χ1v) is 6.95. The molecule has 20 heavy (non-hydrogen) atoms. The molecule has 1 N–H and O–H groups in total. The van der Waals surface area contributed by atoms with Crippen molar-refractivity contribution < 1.29 is 17.9 Å². The summed E-state index contributed by atoms with van der Waals surface area (Å²) in [7, 11) is 1.73. The molecule has 0 radical (unpaired) electrons. The zero-order chi connectivity index (χ0) is 14.6. The van der Waals surface area contributed by atoms with Crippen LogP contribution in [0.25, 0.3) is 0 Å². The number of ether oxygens (including phenoxy) is 1. The molecule has 0 fully saturated rings. The van der Waals surface area contributed by atoms with E-state index in [2.05, 4.69) is 5.32 Å². The molecule has 0 spiro atoms. The molecule has 1 aromatic rings. The molecule has 2 rings (SSSR count). The number of nitrogens with one attached hydrogen (secondary N) is 1. The number of benzene rings is 1. The third-order valence-electron chi connectivity index (χ3n) is 3.84. The zero-order valence-electron chi connectivity index (χ0n) is 11.5. The van der Waals surface area contributed by atoms with E-state index in [0.29, 0.717) is 13.0 Å². The van der Waals surface area contributed by atoms with Crippen LogP contribution in [0.4, 0.5) is 13.2 Å². The molecule has 0 aromatic heterocycles. The second-order valence-corrected chi connectivity index (χ2v) is 5.25. The number of hydrogen-bond donors (Lipinski definition) is 1. The van der Waals surface area contributed by atoms with Crippen LogP contribution in [0.2, 0.25) is 0 Å². The first kappa shape index (κ1) is 15.2. The van der Waals surface area contributed by atoms with E-state index < -0.39 is 12.6 Å². The van der Waals surface area contributed by atoms with Crippen LogP contribution in [0.3, 0.4) is 0 Å². The molecule has 5 heteroatoms. The number of fused-ring (bicyclic) bond motifs is 1. The van der Waals surface area contributed by atoms with Gasteiger partial charge >= 0.3 is 6.18 Å². The monoisotopic (exact) mass is 287 g/mol. The van der Waals surface area contributed by atoms with Crippen molar-refractivity contribution in [1.82, 2.24) is 5.32 Å². The minimum absolute atomic E-state index is 0.118. The predicted octanol–water partition coefficient (Wildman–Crippen LogP) is 3.87. The van der Waals surface area contributed by atoms with E-state index in [-0.39, 0.29) is 18.4 Å². The Morgan fingerprint density at radius 3 is 2.80 bits per heavy atom. The molecule has 2 atom stereocenters. The zero-order valence-corrected chi connectivity index (χ0v) is 11.5. The molecule has 1 aliphatic heterocycles. The predicted molar refractivity (Wildman–Crippen MR) is 72.0 cm³/mol. The van der Waals surface area contributed by atoms with Gasteiger partial charge in [0.1, 0.15) is 5.75 Å². The Labute approximate surface area is 117 Å². The van der Waals surface area contributed by atoms with Gasteiger partial charge in [0.05, 0.1) is 6.61 Å². The number of para-hydroxylation sites is 1. The van der Waals surface area contributed by atoms with Gasteiger partial charge in [-0.1, -0.05) is 18.2 Å². The van der Waals surface area contributed by atoms with Crippen LogP contribution in [-0.4, -0.2) is 25.9 Å². The summed E-state index contributed by atoms with van der Waals surface area (Å²) in [5.74, 6) is 1.14. The van der Waals surface area contributed by atoms with E-state index in [1.165, 1.54) is 0 Å². The lowest BCUT2D eigenvalue weighted by atomic mass is 9.86. The Kier molecular flexibility index (Phi) is 4.91. The van der Waals surface area contributed by atoms with E-state index in [1.807, 2.05) is 24.3 Å². The van der Waals surface area contributed by atoms with Crippen LogP contribution in [0, 0.1) is 0 Å². The molecule has 0 amide bonds. The van der Waals surface area contributed by atoms with Crippen LogP contribution in [0.1, 0.15) is 37.2 Å². The molecule has 1 aromatic carbocycles. The summed E-state index contributed by atoms with van der Waals surface area (Å²) in [6, 6.07) is 7.68. The van der Waals surface area contributed by atoms with Gasteiger partial charge in [-0.25, -0.2) is 0 Å². The highest BCUT2D eigenvalue weighted by Gasteiger charge is 2.30. The summed E-state index contributed by atoms with van der Waals surface area (Å²) in [5, 5.41) is 3.01. The fourth-order valence-electron chi connectivity index (χ4n) is 2.72. The van der Waals surface area contributed by atoms with Gasteiger partial charge in [0.2, 0.25) is 0 Å². The standard InChI is InChI=1S/C15H20F3NO/c1-19-12(6-8-15(16,17)18)10-11-7-9-20-14-5-3-2-4-13(11)14/h2-5,11-12,19H,6-10H2,1H3. The minimum Gasteiger partial charge on any atom is -0.493 e. The summed E-state index contributed by atoms with van der Waals surface area (Å²) in [5.41, 5.74) is 1.12. The SMILES string of the molecule is CNC(CCC(F)(F)F)CC1CCOc2ccccc21. The summed E-state index contributed by atoms with van der Waals surface area (Å²) in [4.78, 5) is 0. The van der Waals surface area contributed by atoms with E-state index in [0.717, 1.165) is 17.7 Å². The van der Waals surface area contributed by atoms with Crippen LogP contribution in [0.15, 0.2) is 24.3 Å². The second-order valence-electron chi connectivity index (χ2n) is 5.25. The van der Waals surface area contributed by atoms with E-state index in [1.54, 1.807) is 7.05 Å². The molecule has 0 bridgehead atoms. The highest BCUT2D eigenvalue weighted by molar-refractivity contribution is 5.37. The maximum Gasteiger partial charge on any atom is 0.389 e. The molecule has 0 aliphatic carbocycles. The smallest absolute Gasteiger partial charge is 0.389 e. The van der Waals surface area contributed by atoms with Crippen molar-refractivity contribution in [3.8, 4) is 5.75 Å². The normalized spacial score (nSPS) is 20.1. The van der Waals surface area contributed by atoms with Gasteiger partial charge in [-0.15, -0.1) is 0 Å². The topological polar surface area (TPSA) is 21.3 Å². The maximum atomic E-state index is 12.3. The van der Waals surface area contributed by atoms with Crippen molar-refractivity contribution in [2.75, 3.05) is 13.7 Å². The van der Waals surface area contributed by atoms with Gasteiger partial charge in [0.15, 0.2) is 0 Å². The summed E-state index contributed by atoms with van der Waals surface area (Å²) < 4.78 is 42.5. The molecule has 2 nitrogen and oxygen atoms in total. The lowest BCUT2D eigenvalue weighted by Crippen LogP contribution is -2.30. The summed E-state index contributed by atoms with van der Waals surface area (Å²) >= 11 is 0. The minimum atomic E-state index is -4.08. The lowest BCUT2D eigenvalue weighted by Gasteiger charge is -2.29. The van der Waals surface area contributed by atoms with Gasteiger partial charge < -0.3 is 10.1 Å². The Hall–Kier alpha value is -1.23. The van der Waals surface area contributed by atoms with Crippen molar-refractivity contribution in [3.05, 3.63) is 29.8 Å². The van der Waals surface area contributed by atoms with E-state index >= 15 is 0 Å².